The van der Waals surface area contributed by atoms with Crippen LogP contribution in [0.5, 0.6) is 0 Å². The maximum absolute atomic E-state index is 9.79. The monoisotopic (exact) mass is 195 g/mol. The van der Waals surface area contributed by atoms with Gasteiger partial charge < -0.3 is 10.4 Å². The summed E-state index contributed by atoms with van der Waals surface area (Å²) >= 11 is 1.71. The molecule has 70 valence electrons. The Bertz CT molecular complexity index is 272. The van der Waals surface area contributed by atoms with E-state index in [1.807, 2.05) is 18.2 Å². The first-order chi connectivity index (χ1) is 6.29. The predicted octanol–water partition coefficient (Wildman–Crippen LogP) is 1.11. The van der Waals surface area contributed by atoms with E-state index in [0.29, 0.717) is 0 Å². The molecule has 0 saturated carbocycles. The number of rotatable bonds is 3. The molecular formula is C10H13NOS. The zero-order valence-corrected chi connectivity index (χ0v) is 8.18. The number of hydrogen-bond acceptors (Lipinski definition) is 3. The van der Waals surface area contributed by atoms with Gasteiger partial charge in [-0.3, -0.25) is 0 Å². The van der Waals surface area contributed by atoms with Crippen molar-refractivity contribution in [1.29, 1.82) is 0 Å². The van der Waals surface area contributed by atoms with Gasteiger partial charge >= 0.3 is 0 Å². The predicted molar refractivity (Wildman–Crippen MR) is 55.0 cm³/mol. The topological polar surface area (TPSA) is 32.3 Å². The first kappa shape index (κ1) is 9.06. The number of β-amino-alcohol motifs (C(OH)–C–C–N with tert-alkyl or cyclic N) is 1. The largest absolute Gasteiger partial charge is 0.386 e. The number of benzene rings is 1. The van der Waals surface area contributed by atoms with Gasteiger partial charge in [-0.2, -0.15) is 0 Å². The van der Waals surface area contributed by atoms with Crippen molar-refractivity contribution in [3.8, 4) is 0 Å². The molecule has 2 rings (SSSR count). The van der Waals surface area contributed by atoms with Gasteiger partial charge in [0.1, 0.15) is 0 Å². The van der Waals surface area contributed by atoms with E-state index in [0.717, 1.165) is 18.8 Å². The van der Waals surface area contributed by atoms with E-state index in [2.05, 4.69) is 17.4 Å². The van der Waals surface area contributed by atoms with Gasteiger partial charge in [0.05, 0.1) is 5.60 Å². The lowest BCUT2D eigenvalue weighted by molar-refractivity contribution is 0.0135. The molecule has 1 aromatic rings. The molecule has 1 aromatic carbocycles. The summed E-state index contributed by atoms with van der Waals surface area (Å²) in [5.74, 6) is 0.782. The van der Waals surface area contributed by atoms with E-state index >= 15 is 0 Å². The van der Waals surface area contributed by atoms with Crippen LogP contribution in [0.1, 0.15) is 0 Å². The van der Waals surface area contributed by atoms with Crippen LogP contribution in [0, 0.1) is 0 Å². The van der Waals surface area contributed by atoms with Crippen LogP contribution in [0.3, 0.4) is 0 Å². The van der Waals surface area contributed by atoms with Crippen molar-refractivity contribution in [1.82, 2.24) is 5.32 Å². The van der Waals surface area contributed by atoms with Crippen LogP contribution in [-0.4, -0.2) is 29.5 Å². The van der Waals surface area contributed by atoms with Crippen LogP contribution in [0.25, 0.3) is 0 Å². The molecule has 0 aliphatic carbocycles. The van der Waals surface area contributed by atoms with Gasteiger partial charge in [0, 0.05) is 23.7 Å². The highest BCUT2D eigenvalue weighted by Crippen LogP contribution is 2.24. The van der Waals surface area contributed by atoms with Crippen molar-refractivity contribution in [3.05, 3.63) is 30.3 Å². The number of nitrogens with one attached hydrogen (secondary N) is 1. The molecule has 0 aromatic heterocycles. The molecule has 0 amide bonds. The van der Waals surface area contributed by atoms with Crippen LogP contribution >= 0.6 is 11.8 Å². The zero-order chi connectivity index (χ0) is 9.15. The molecule has 1 saturated heterocycles. The van der Waals surface area contributed by atoms with E-state index < -0.39 is 5.60 Å². The fourth-order valence-corrected chi connectivity index (χ4v) is 2.24. The second kappa shape index (κ2) is 3.70. The Kier molecular flexibility index (Phi) is 2.58. The summed E-state index contributed by atoms with van der Waals surface area (Å²) in [5.41, 5.74) is -0.472. The number of hydrogen-bond donors (Lipinski definition) is 2. The van der Waals surface area contributed by atoms with Crippen LogP contribution in [0.15, 0.2) is 35.2 Å². The van der Waals surface area contributed by atoms with Crippen molar-refractivity contribution in [2.45, 2.75) is 10.5 Å². The summed E-state index contributed by atoms with van der Waals surface area (Å²) < 4.78 is 0. The standard InChI is InChI=1S/C10H13NOS/c12-10(6-11-7-10)8-13-9-4-2-1-3-5-9/h1-5,11-12H,6-8H2. The van der Waals surface area contributed by atoms with Crippen LogP contribution in [0.4, 0.5) is 0 Å². The van der Waals surface area contributed by atoms with Gasteiger partial charge in [0.2, 0.25) is 0 Å². The molecule has 13 heavy (non-hydrogen) atoms. The Morgan fingerprint density at radius 2 is 2.00 bits per heavy atom. The highest BCUT2D eigenvalue weighted by molar-refractivity contribution is 7.99. The molecule has 0 radical (unpaired) electrons. The summed E-state index contributed by atoms with van der Waals surface area (Å²) in [5, 5.41) is 12.9. The van der Waals surface area contributed by atoms with E-state index in [4.69, 9.17) is 0 Å². The van der Waals surface area contributed by atoms with Crippen LogP contribution in [-0.2, 0) is 0 Å². The molecule has 0 atom stereocenters. The smallest absolute Gasteiger partial charge is 0.0988 e. The number of thioether (sulfide) groups is 1. The molecule has 2 nitrogen and oxygen atoms in total. The minimum Gasteiger partial charge on any atom is -0.386 e. The van der Waals surface area contributed by atoms with Crippen molar-refractivity contribution in [2.24, 2.45) is 0 Å². The maximum Gasteiger partial charge on any atom is 0.0988 e. The first-order valence-corrected chi connectivity index (χ1v) is 5.38. The molecule has 1 aliphatic rings. The third-order valence-corrected chi connectivity index (χ3v) is 3.45. The Balaban J connectivity index is 1.86. The fourth-order valence-electron chi connectivity index (χ4n) is 1.25. The van der Waals surface area contributed by atoms with E-state index in [1.54, 1.807) is 11.8 Å². The summed E-state index contributed by atoms with van der Waals surface area (Å²) in [4.78, 5) is 1.22. The average molecular weight is 195 g/mol. The Hall–Kier alpha value is -0.510. The van der Waals surface area contributed by atoms with E-state index in [1.165, 1.54) is 4.90 Å². The van der Waals surface area contributed by atoms with Gasteiger partial charge in [-0.25, -0.2) is 0 Å². The summed E-state index contributed by atoms with van der Waals surface area (Å²) in [7, 11) is 0. The zero-order valence-electron chi connectivity index (χ0n) is 7.36. The van der Waals surface area contributed by atoms with Gasteiger partial charge in [-0.05, 0) is 12.1 Å². The van der Waals surface area contributed by atoms with Gasteiger partial charge in [0.25, 0.3) is 0 Å². The molecule has 2 N–H and O–H groups in total. The SMILES string of the molecule is OC1(CSc2ccccc2)CNC1. The third kappa shape index (κ3) is 2.24. The quantitative estimate of drug-likeness (QED) is 0.709. The lowest BCUT2D eigenvalue weighted by atomic mass is 10.0. The Morgan fingerprint density at radius 3 is 2.54 bits per heavy atom. The highest BCUT2D eigenvalue weighted by atomic mass is 32.2. The summed E-state index contributed by atoms with van der Waals surface area (Å²) in [6, 6.07) is 10.2. The normalized spacial score (nSPS) is 19.5. The molecule has 1 heterocycles. The lowest BCUT2D eigenvalue weighted by Crippen LogP contribution is -2.61. The second-order valence-electron chi connectivity index (χ2n) is 3.43. The van der Waals surface area contributed by atoms with Crippen molar-refractivity contribution >= 4 is 11.8 Å². The van der Waals surface area contributed by atoms with Crippen molar-refractivity contribution in [2.75, 3.05) is 18.8 Å². The number of aliphatic hydroxyl groups is 1. The minimum absolute atomic E-state index is 0.472. The van der Waals surface area contributed by atoms with Gasteiger partial charge in [-0.1, -0.05) is 18.2 Å². The lowest BCUT2D eigenvalue weighted by Gasteiger charge is -2.37. The van der Waals surface area contributed by atoms with Gasteiger partial charge in [0.15, 0.2) is 0 Å². The van der Waals surface area contributed by atoms with Crippen molar-refractivity contribution < 1.29 is 5.11 Å². The van der Waals surface area contributed by atoms with Crippen LogP contribution < -0.4 is 5.32 Å². The molecule has 0 spiro atoms. The Morgan fingerprint density at radius 1 is 1.31 bits per heavy atom. The Labute approximate surface area is 82.4 Å². The molecule has 0 unspecified atom stereocenters. The van der Waals surface area contributed by atoms with Gasteiger partial charge in [-0.15, -0.1) is 11.8 Å². The van der Waals surface area contributed by atoms with Crippen molar-refractivity contribution in [3.63, 3.8) is 0 Å². The molecule has 3 heteroatoms. The summed E-state index contributed by atoms with van der Waals surface area (Å²) in [6.45, 7) is 1.46. The first-order valence-electron chi connectivity index (χ1n) is 4.39. The third-order valence-electron chi connectivity index (χ3n) is 2.16. The maximum atomic E-state index is 9.79. The summed E-state index contributed by atoms with van der Waals surface area (Å²) in [6.07, 6.45) is 0. The second-order valence-corrected chi connectivity index (χ2v) is 4.48. The fraction of sp³-hybridized carbons (Fsp3) is 0.400. The highest BCUT2D eigenvalue weighted by Gasteiger charge is 2.33. The van der Waals surface area contributed by atoms with Crippen LogP contribution in [0.2, 0.25) is 0 Å². The molecule has 1 aliphatic heterocycles. The van der Waals surface area contributed by atoms with E-state index in [-0.39, 0.29) is 0 Å². The molecular weight excluding hydrogens is 182 g/mol. The molecule has 0 bridgehead atoms. The average Bonchev–Trinajstić information content (AvgIpc) is 2.13. The molecule has 1 fully saturated rings. The minimum atomic E-state index is -0.472. The van der Waals surface area contributed by atoms with E-state index in [9.17, 15) is 5.11 Å².